The van der Waals surface area contributed by atoms with Gasteiger partial charge in [-0.25, -0.2) is 4.72 Å². The van der Waals surface area contributed by atoms with Crippen LogP contribution in [0.5, 0.6) is 0 Å². The first-order chi connectivity index (χ1) is 7.06. The van der Waals surface area contributed by atoms with Crippen LogP contribution in [0, 0.1) is 5.92 Å². The van der Waals surface area contributed by atoms with Gasteiger partial charge in [0, 0.05) is 25.2 Å². The lowest BCUT2D eigenvalue weighted by atomic mass is 10.0. The van der Waals surface area contributed by atoms with E-state index in [0.29, 0.717) is 12.5 Å². The maximum atomic E-state index is 12.0. The lowest BCUT2D eigenvalue weighted by molar-refractivity contribution is 0.331. The highest BCUT2D eigenvalue weighted by Gasteiger charge is 2.47. The van der Waals surface area contributed by atoms with Crippen LogP contribution in [-0.2, 0) is 10.2 Å². The number of fused-ring (bicyclic) bond motifs is 1. The van der Waals surface area contributed by atoms with Crippen molar-refractivity contribution in [3.05, 3.63) is 0 Å². The summed E-state index contributed by atoms with van der Waals surface area (Å²) in [4.78, 5) is 0. The van der Waals surface area contributed by atoms with Gasteiger partial charge < -0.3 is 5.32 Å². The van der Waals surface area contributed by atoms with E-state index < -0.39 is 10.2 Å². The third-order valence-electron chi connectivity index (χ3n) is 3.31. The van der Waals surface area contributed by atoms with Gasteiger partial charge in [-0.2, -0.15) is 12.7 Å². The maximum absolute atomic E-state index is 12.0. The third-order valence-corrected chi connectivity index (χ3v) is 5.15. The molecule has 3 unspecified atom stereocenters. The fourth-order valence-electron chi connectivity index (χ4n) is 2.80. The van der Waals surface area contributed by atoms with E-state index in [1.54, 1.807) is 4.31 Å². The van der Waals surface area contributed by atoms with Crippen LogP contribution < -0.4 is 10.0 Å². The van der Waals surface area contributed by atoms with Crippen LogP contribution in [0.4, 0.5) is 0 Å². The molecule has 2 N–H and O–H groups in total. The Morgan fingerprint density at radius 3 is 2.87 bits per heavy atom. The molecule has 0 saturated carbocycles. The summed E-state index contributed by atoms with van der Waals surface area (Å²) in [7, 11) is -3.27. The Morgan fingerprint density at radius 2 is 2.20 bits per heavy atom. The molecule has 3 atom stereocenters. The summed E-state index contributed by atoms with van der Waals surface area (Å²) in [5.41, 5.74) is 0. The Morgan fingerprint density at radius 1 is 1.47 bits per heavy atom. The highest BCUT2D eigenvalue weighted by atomic mass is 32.2. The minimum atomic E-state index is -3.27. The van der Waals surface area contributed by atoms with E-state index >= 15 is 0 Å². The molecule has 0 amide bonds. The molecule has 2 fully saturated rings. The Bertz CT molecular complexity index is 330. The molecule has 0 aromatic rings. The number of hydrogen-bond donors (Lipinski definition) is 2. The average molecular weight is 233 g/mol. The molecule has 88 valence electrons. The summed E-state index contributed by atoms with van der Waals surface area (Å²) in [6.45, 7) is 6.00. The molecule has 0 aromatic carbocycles. The second kappa shape index (κ2) is 4.01. The monoisotopic (exact) mass is 233 g/mol. The maximum Gasteiger partial charge on any atom is 0.279 e. The van der Waals surface area contributed by atoms with Gasteiger partial charge in [0.15, 0.2) is 0 Å². The fraction of sp³-hybridized carbons (Fsp3) is 1.00. The molecule has 0 aromatic heterocycles. The van der Waals surface area contributed by atoms with Crippen molar-refractivity contribution in [1.82, 2.24) is 14.3 Å². The SMILES string of the molecule is CCNS(=O)(=O)N1C(C)CC2CNCC21. The number of rotatable bonds is 3. The van der Waals surface area contributed by atoms with Crippen LogP contribution in [0.3, 0.4) is 0 Å². The van der Waals surface area contributed by atoms with Crippen LogP contribution >= 0.6 is 0 Å². The number of hydrogen-bond acceptors (Lipinski definition) is 3. The Balaban J connectivity index is 2.20. The van der Waals surface area contributed by atoms with Crippen molar-refractivity contribution in [2.45, 2.75) is 32.4 Å². The number of nitrogens with zero attached hydrogens (tertiary/aromatic N) is 1. The molecular weight excluding hydrogens is 214 g/mol. The fourth-order valence-corrected chi connectivity index (χ4v) is 4.48. The van der Waals surface area contributed by atoms with Gasteiger partial charge in [0.25, 0.3) is 10.2 Å². The molecule has 2 saturated heterocycles. The quantitative estimate of drug-likeness (QED) is 0.692. The molecule has 2 heterocycles. The first-order valence-corrected chi connectivity index (χ1v) is 6.99. The molecule has 15 heavy (non-hydrogen) atoms. The minimum absolute atomic E-state index is 0.131. The summed E-state index contributed by atoms with van der Waals surface area (Å²) in [5, 5.41) is 3.26. The van der Waals surface area contributed by atoms with E-state index in [9.17, 15) is 8.42 Å². The van der Waals surface area contributed by atoms with Gasteiger partial charge >= 0.3 is 0 Å². The lowest BCUT2D eigenvalue weighted by Gasteiger charge is -2.26. The highest BCUT2D eigenvalue weighted by molar-refractivity contribution is 7.87. The first-order valence-electron chi connectivity index (χ1n) is 5.55. The van der Waals surface area contributed by atoms with Crippen LogP contribution in [0.2, 0.25) is 0 Å². The van der Waals surface area contributed by atoms with Gasteiger partial charge in [0.1, 0.15) is 0 Å². The molecule has 2 rings (SSSR count). The zero-order valence-corrected chi connectivity index (χ0v) is 10.0. The first kappa shape index (κ1) is 11.3. The molecule has 6 heteroatoms. The molecular formula is C9H19N3O2S. The van der Waals surface area contributed by atoms with Gasteiger partial charge in [-0.15, -0.1) is 0 Å². The van der Waals surface area contributed by atoms with Crippen molar-refractivity contribution >= 4 is 10.2 Å². The Labute approximate surface area is 91.4 Å². The average Bonchev–Trinajstić information content (AvgIpc) is 2.61. The number of nitrogens with one attached hydrogen (secondary N) is 2. The van der Waals surface area contributed by atoms with Crippen molar-refractivity contribution in [3.63, 3.8) is 0 Å². The van der Waals surface area contributed by atoms with Gasteiger partial charge in [0.2, 0.25) is 0 Å². The minimum Gasteiger partial charge on any atom is -0.315 e. The third kappa shape index (κ3) is 1.91. The zero-order chi connectivity index (χ0) is 11.1. The van der Waals surface area contributed by atoms with E-state index in [0.717, 1.165) is 19.5 Å². The second-order valence-electron chi connectivity index (χ2n) is 4.40. The Kier molecular flexibility index (Phi) is 3.03. The molecule has 0 radical (unpaired) electrons. The summed E-state index contributed by atoms with van der Waals surface area (Å²) < 4.78 is 28.2. The van der Waals surface area contributed by atoms with Crippen molar-refractivity contribution < 1.29 is 8.42 Å². The zero-order valence-electron chi connectivity index (χ0n) is 9.23. The van der Waals surface area contributed by atoms with Crippen LogP contribution in [0.15, 0.2) is 0 Å². The van der Waals surface area contributed by atoms with E-state index in [1.807, 2.05) is 13.8 Å². The van der Waals surface area contributed by atoms with Gasteiger partial charge in [0.05, 0.1) is 0 Å². The van der Waals surface area contributed by atoms with E-state index in [2.05, 4.69) is 10.0 Å². The second-order valence-corrected chi connectivity index (χ2v) is 6.06. The van der Waals surface area contributed by atoms with Gasteiger partial charge in [-0.05, 0) is 25.8 Å². The summed E-state index contributed by atoms with van der Waals surface area (Å²) in [6, 6.07) is 0.287. The molecule has 0 spiro atoms. The molecule has 2 aliphatic rings. The predicted octanol–water partition coefficient (Wildman–Crippen LogP) is -0.477. The molecule has 0 aliphatic carbocycles. The van der Waals surface area contributed by atoms with Gasteiger partial charge in [-0.1, -0.05) is 6.92 Å². The molecule has 5 nitrogen and oxygen atoms in total. The van der Waals surface area contributed by atoms with Crippen LogP contribution in [0.1, 0.15) is 20.3 Å². The van der Waals surface area contributed by atoms with Crippen LogP contribution in [-0.4, -0.2) is 44.4 Å². The lowest BCUT2D eigenvalue weighted by Crippen LogP contribution is -2.48. The topological polar surface area (TPSA) is 61.4 Å². The summed E-state index contributed by atoms with van der Waals surface area (Å²) in [6.07, 6.45) is 0.974. The predicted molar refractivity (Wildman–Crippen MR) is 58.7 cm³/mol. The smallest absolute Gasteiger partial charge is 0.279 e. The van der Waals surface area contributed by atoms with Crippen molar-refractivity contribution in [2.24, 2.45) is 5.92 Å². The van der Waals surface area contributed by atoms with Crippen molar-refractivity contribution in [2.75, 3.05) is 19.6 Å². The van der Waals surface area contributed by atoms with E-state index in [-0.39, 0.29) is 12.1 Å². The van der Waals surface area contributed by atoms with Crippen molar-refractivity contribution in [1.29, 1.82) is 0 Å². The molecule has 0 bridgehead atoms. The largest absolute Gasteiger partial charge is 0.315 e. The molecule has 2 aliphatic heterocycles. The van der Waals surface area contributed by atoms with Crippen molar-refractivity contribution in [3.8, 4) is 0 Å². The van der Waals surface area contributed by atoms with E-state index in [1.165, 1.54) is 0 Å². The van der Waals surface area contributed by atoms with Crippen LogP contribution in [0.25, 0.3) is 0 Å². The standard InChI is InChI=1S/C9H19N3O2S/c1-3-11-15(13,14)12-7(2)4-8-5-10-6-9(8)12/h7-11H,3-6H2,1-2H3. The highest BCUT2D eigenvalue weighted by Crippen LogP contribution is 2.33. The normalized spacial score (nSPS) is 37.1. The summed E-state index contributed by atoms with van der Waals surface area (Å²) >= 11 is 0. The van der Waals surface area contributed by atoms with Gasteiger partial charge in [-0.3, -0.25) is 0 Å². The summed E-state index contributed by atoms with van der Waals surface area (Å²) in [5.74, 6) is 0.494. The Hall–Kier alpha value is -0.170. The van der Waals surface area contributed by atoms with E-state index in [4.69, 9.17) is 0 Å².